The molecular weight excluding hydrogens is 360 g/mol. The van der Waals surface area contributed by atoms with Gasteiger partial charge in [0.15, 0.2) is 0 Å². The number of benzene rings is 3. The predicted octanol–water partition coefficient (Wildman–Crippen LogP) is 5.38. The maximum Gasteiger partial charge on any atom is 0.331 e. The van der Waals surface area contributed by atoms with Crippen LogP contribution in [-0.2, 0) is 11.3 Å². The van der Waals surface area contributed by atoms with E-state index in [4.69, 9.17) is 0 Å². The number of imide groups is 1. The van der Waals surface area contributed by atoms with Gasteiger partial charge in [0.2, 0.25) is 0 Å². The van der Waals surface area contributed by atoms with E-state index >= 15 is 0 Å². The molecule has 0 aromatic heterocycles. The van der Waals surface area contributed by atoms with Crippen LogP contribution >= 0.6 is 0 Å². The van der Waals surface area contributed by atoms with Crippen LogP contribution in [0.5, 0.6) is 0 Å². The number of hydrogen-bond donors (Lipinski definition) is 0. The quantitative estimate of drug-likeness (QED) is 0.555. The Bertz CT molecular complexity index is 983. The number of hydrogen-bond acceptors (Lipinski definition) is 2. The third-order valence-electron chi connectivity index (χ3n) is 4.60. The van der Waals surface area contributed by atoms with Gasteiger partial charge in [0.25, 0.3) is 5.91 Å². The smallest absolute Gasteiger partial charge is 0.323 e. The Hall–Kier alpha value is -3.66. The van der Waals surface area contributed by atoms with E-state index in [-0.39, 0.29) is 11.9 Å². The molecule has 0 aliphatic rings. The second kappa shape index (κ2) is 9.51. The fraction of sp³-hybridized carbons (Fsp3) is 0.120. The van der Waals surface area contributed by atoms with Gasteiger partial charge in [-0.2, -0.15) is 0 Å². The molecule has 29 heavy (non-hydrogen) atoms. The van der Waals surface area contributed by atoms with Crippen molar-refractivity contribution in [1.82, 2.24) is 4.90 Å². The summed E-state index contributed by atoms with van der Waals surface area (Å²) in [5.74, 6) is -0.352. The highest BCUT2D eigenvalue weighted by atomic mass is 16.2. The molecular formula is C25H24N2O2. The predicted molar refractivity (Wildman–Crippen MR) is 117 cm³/mol. The Morgan fingerprint density at radius 3 is 1.86 bits per heavy atom. The summed E-state index contributed by atoms with van der Waals surface area (Å²) in [6.07, 6.45) is 1.75. The second-order valence-corrected chi connectivity index (χ2v) is 6.67. The van der Waals surface area contributed by atoms with Crippen LogP contribution in [-0.4, -0.2) is 23.9 Å². The average Bonchev–Trinajstić information content (AvgIpc) is 2.76. The number of allylic oxidation sites excluding steroid dienone is 1. The summed E-state index contributed by atoms with van der Waals surface area (Å²) in [7, 11) is 1.70. The van der Waals surface area contributed by atoms with E-state index in [0.29, 0.717) is 17.8 Å². The zero-order chi connectivity index (χ0) is 20.6. The number of rotatable bonds is 5. The summed E-state index contributed by atoms with van der Waals surface area (Å²) in [5.41, 5.74) is 2.80. The molecule has 4 heteroatoms. The molecule has 0 unspecified atom stereocenters. The Balaban J connectivity index is 1.94. The lowest BCUT2D eigenvalue weighted by molar-refractivity contribution is -0.112. The van der Waals surface area contributed by atoms with Crippen molar-refractivity contribution in [2.24, 2.45) is 0 Å². The lowest BCUT2D eigenvalue weighted by atomic mass is 10.0. The highest BCUT2D eigenvalue weighted by Crippen LogP contribution is 2.24. The van der Waals surface area contributed by atoms with Gasteiger partial charge in [0, 0.05) is 19.2 Å². The third-order valence-corrected chi connectivity index (χ3v) is 4.60. The number of para-hydroxylation sites is 1. The van der Waals surface area contributed by atoms with Gasteiger partial charge in [-0.1, -0.05) is 84.9 Å². The second-order valence-electron chi connectivity index (χ2n) is 6.67. The highest BCUT2D eigenvalue weighted by molar-refractivity contribution is 6.33. The van der Waals surface area contributed by atoms with Gasteiger partial charge < -0.3 is 4.90 Å². The minimum absolute atomic E-state index is 0.352. The van der Waals surface area contributed by atoms with Crippen molar-refractivity contribution in [3.8, 4) is 0 Å². The third kappa shape index (κ3) is 4.79. The molecule has 0 bridgehead atoms. The van der Waals surface area contributed by atoms with Gasteiger partial charge in [0.1, 0.15) is 0 Å². The molecule has 3 aromatic rings. The largest absolute Gasteiger partial charge is 0.331 e. The summed E-state index contributed by atoms with van der Waals surface area (Å²) < 4.78 is 0. The SMILES string of the molecule is C/C=C(/C(=O)N(C(=O)N(C)Cc1ccccc1)c1ccccc1)c1ccccc1. The van der Waals surface area contributed by atoms with Crippen molar-refractivity contribution in [3.05, 3.63) is 108 Å². The lowest BCUT2D eigenvalue weighted by Gasteiger charge is -2.28. The number of carbonyl (C=O) groups is 2. The molecule has 0 radical (unpaired) electrons. The molecule has 0 atom stereocenters. The Kier molecular flexibility index (Phi) is 6.59. The summed E-state index contributed by atoms with van der Waals surface area (Å²) in [6, 6.07) is 27.8. The monoisotopic (exact) mass is 384 g/mol. The summed E-state index contributed by atoms with van der Waals surface area (Å²) >= 11 is 0. The first-order valence-corrected chi connectivity index (χ1v) is 9.52. The zero-order valence-electron chi connectivity index (χ0n) is 16.7. The number of carbonyl (C=O) groups excluding carboxylic acids is 2. The van der Waals surface area contributed by atoms with Gasteiger partial charge in [-0.3, -0.25) is 4.79 Å². The standard InChI is InChI=1S/C25H24N2O2/c1-3-23(21-15-9-5-10-16-21)24(28)27(22-17-11-6-12-18-22)25(29)26(2)19-20-13-7-4-8-14-20/h3-18H,19H2,1-2H3/b23-3+. The molecule has 0 saturated heterocycles. The fourth-order valence-electron chi connectivity index (χ4n) is 3.14. The van der Waals surface area contributed by atoms with E-state index < -0.39 is 0 Å². The van der Waals surface area contributed by atoms with Crippen molar-refractivity contribution in [2.45, 2.75) is 13.5 Å². The van der Waals surface area contributed by atoms with Crippen LogP contribution in [0.2, 0.25) is 0 Å². The van der Waals surface area contributed by atoms with Crippen molar-refractivity contribution in [3.63, 3.8) is 0 Å². The molecule has 3 amide bonds. The van der Waals surface area contributed by atoms with Crippen LogP contribution in [0, 0.1) is 0 Å². The van der Waals surface area contributed by atoms with Crippen molar-refractivity contribution in [1.29, 1.82) is 0 Å². The van der Waals surface area contributed by atoms with E-state index in [2.05, 4.69) is 0 Å². The van der Waals surface area contributed by atoms with Crippen LogP contribution in [0.1, 0.15) is 18.1 Å². The Labute approximate surface area is 171 Å². The van der Waals surface area contributed by atoms with E-state index in [0.717, 1.165) is 11.1 Å². The minimum atomic E-state index is -0.375. The Morgan fingerprint density at radius 1 is 0.793 bits per heavy atom. The number of amides is 3. The number of urea groups is 1. The van der Waals surface area contributed by atoms with E-state index in [1.807, 2.05) is 85.8 Å². The van der Waals surface area contributed by atoms with E-state index in [1.165, 1.54) is 4.90 Å². The normalized spacial score (nSPS) is 11.0. The van der Waals surface area contributed by atoms with Gasteiger partial charge in [0.05, 0.1) is 5.69 Å². The summed E-state index contributed by atoms with van der Waals surface area (Å²) in [4.78, 5) is 29.6. The van der Waals surface area contributed by atoms with Gasteiger partial charge >= 0.3 is 6.03 Å². The molecule has 146 valence electrons. The molecule has 0 fully saturated rings. The molecule has 3 aromatic carbocycles. The molecule has 0 N–H and O–H groups in total. The van der Waals surface area contributed by atoms with E-state index in [9.17, 15) is 9.59 Å². The van der Waals surface area contributed by atoms with Crippen LogP contribution in [0.3, 0.4) is 0 Å². The molecule has 4 nitrogen and oxygen atoms in total. The fourth-order valence-corrected chi connectivity index (χ4v) is 3.14. The van der Waals surface area contributed by atoms with Crippen LogP contribution < -0.4 is 4.90 Å². The topological polar surface area (TPSA) is 40.6 Å². The first-order chi connectivity index (χ1) is 14.1. The van der Waals surface area contributed by atoms with Crippen LogP contribution in [0.4, 0.5) is 10.5 Å². The van der Waals surface area contributed by atoms with Gasteiger partial charge in [-0.25, -0.2) is 9.69 Å². The molecule has 3 rings (SSSR count). The molecule has 0 saturated carbocycles. The average molecular weight is 384 g/mol. The maximum absolute atomic E-state index is 13.5. The first-order valence-electron chi connectivity index (χ1n) is 9.52. The lowest BCUT2D eigenvalue weighted by Crippen LogP contribution is -2.45. The van der Waals surface area contributed by atoms with Crippen molar-refractivity contribution in [2.75, 3.05) is 11.9 Å². The molecule has 0 aliphatic carbocycles. The molecule has 0 spiro atoms. The Morgan fingerprint density at radius 2 is 1.31 bits per heavy atom. The van der Waals surface area contributed by atoms with Crippen molar-refractivity contribution < 1.29 is 9.59 Å². The number of nitrogens with zero attached hydrogens (tertiary/aromatic N) is 2. The van der Waals surface area contributed by atoms with Crippen LogP contribution in [0.25, 0.3) is 5.57 Å². The van der Waals surface area contributed by atoms with Crippen LogP contribution in [0.15, 0.2) is 97.1 Å². The maximum atomic E-state index is 13.5. The molecule has 0 heterocycles. The summed E-state index contributed by atoms with van der Waals surface area (Å²) in [5, 5.41) is 0. The molecule has 0 aliphatic heterocycles. The highest BCUT2D eigenvalue weighted by Gasteiger charge is 2.29. The zero-order valence-corrected chi connectivity index (χ0v) is 16.7. The van der Waals surface area contributed by atoms with E-state index in [1.54, 1.807) is 30.2 Å². The number of anilines is 1. The van der Waals surface area contributed by atoms with Crippen molar-refractivity contribution >= 4 is 23.2 Å². The minimum Gasteiger partial charge on any atom is -0.323 e. The summed E-state index contributed by atoms with van der Waals surface area (Å²) in [6.45, 7) is 2.22. The van der Waals surface area contributed by atoms with Gasteiger partial charge in [-0.15, -0.1) is 0 Å². The van der Waals surface area contributed by atoms with Gasteiger partial charge in [-0.05, 0) is 30.2 Å². The first kappa shape index (κ1) is 20.1.